The van der Waals surface area contributed by atoms with Gasteiger partial charge in [0.15, 0.2) is 0 Å². The van der Waals surface area contributed by atoms with Crippen LogP contribution in [0, 0.1) is 0 Å². The SMILES string of the molecule is CCCNC(CCCOCC)Cc1nc(C(C)(C)C)cs1. The number of hydrogen-bond acceptors (Lipinski definition) is 4. The Morgan fingerprint density at radius 2 is 2.10 bits per heavy atom. The average Bonchev–Trinajstić information content (AvgIpc) is 2.89. The number of ether oxygens (including phenoxy) is 1. The molecule has 1 rings (SSSR count). The summed E-state index contributed by atoms with van der Waals surface area (Å²) in [6.45, 7) is 13.7. The van der Waals surface area contributed by atoms with Crippen LogP contribution < -0.4 is 5.32 Å². The lowest BCUT2D eigenvalue weighted by Crippen LogP contribution is -2.32. The Labute approximate surface area is 134 Å². The van der Waals surface area contributed by atoms with Crippen LogP contribution in [0.25, 0.3) is 0 Å². The van der Waals surface area contributed by atoms with Crippen molar-refractivity contribution >= 4 is 11.3 Å². The zero-order valence-electron chi connectivity index (χ0n) is 14.4. The lowest BCUT2D eigenvalue weighted by molar-refractivity contribution is 0.140. The van der Waals surface area contributed by atoms with Crippen molar-refractivity contribution < 1.29 is 4.74 Å². The highest BCUT2D eigenvalue weighted by atomic mass is 32.1. The summed E-state index contributed by atoms with van der Waals surface area (Å²) in [5.74, 6) is 0. The molecule has 3 nitrogen and oxygen atoms in total. The molecule has 1 N–H and O–H groups in total. The lowest BCUT2D eigenvalue weighted by atomic mass is 9.93. The zero-order chi connectivity index (χ0) is 15.7. The Morgan fingerprint density at radius 3 is 2.67 bits per heavy atom. The second-order valence-corrected chi connectivity index (χ2v) is 7.51. The van der Waals surface area contributed by atoms with Crippen molar-refractivity contribution in [1.82, 2.24) is 10.3 Å². The summed E-state index contributed by atoms with van der Waals surface area (Å²) in [5.41, 5.74) is 1.36. The van der Waals surface area contributed by atoms with E-state index in [4.69, 9.17) is 9.72 Å². The summed E-state index contributed by atoms with van der Waals surface area (Å²) < 4.78 is 5.45. The van der Waals surface area contributed by atoms with Gasteiger partial charge in [-0.1, -0.05) is 27.7 Å². The topological polar surface area (TPSA) is 34.1 Å². The quantitative estimate of drug-likeness (QED) is 0.658. The van der Waals surface area contributed by atoms with Crippen LogP contribution in [0.5, 0.6) is 0 Å². The maximum absolute atomic E-state index is 5.45. The highest BCUT2D eigenvalue weighted by Crippen LogP contribution is 2.24. The Hall–Kier alpha value is -0.450. The molecule has 1 aromatic rings. The van der Waals surface area contributed by atoms with E-state index in [1.165, 1.54) is 17.1 Å². The van der Waals surface area contributed by atoms with E-state index in [0.717, 1.165) is 39.0 Å². The van der Waals surface area contributed by atoms with Crippen LogP contribution >= 0.6 is 11.3 Å². The third-order valence-electron chi connectivity index (χ3n) is 3.47. The molecule has 21 heavy (non-hydrogen) atoms. The van der Waals surface area contributed by atoms with Gasteiger partial charge in [0.1, 0.15) is 0 Å². The maximum Gasteiger partial charge on any atom is 0.0944 e. The molecule has 0 amide bonds. The van der Waals surface area contributed by atoms with Gasteiger partial charge in [-0.3, -0.25) is 0 Å². The van der Waals surface area contributed by atoms with Gasteiger partial charge in [-0.25, -0.2) is 4.98 Å². The molecule has 0 aromatic carbocycles. The minimum Gasteiger partial charge on any atom is -0.382 e. The third-order valence-corrected chi connectivity index (χ3v) is 4.34. The first kappa shape index (κ1) is 18.6. The molecule has 0 aliphatic heterocycles. The molecule has 4 heteroatoms. The second-order valence-electron chi connectivity index (χ2n) is 6.57. The predicted octanol–water partition coefficient (Wildman–Crippen LogP) is 4.17. The first-order chi connectivity index (χ1) is 9.97. The molecule has 0 saturated heterocycles. The van der Waals surface area contributed by atoms with E-state index in [0.29, 0.717) is 6.04 Å². The number of nitrogens with one attached hydrogen (secondary N) is 1. The number of thiazole rings is 1. The Morgan fingerprint density at radius 1 is 1.33 bits per heavy atom. The van der Waals surface area contributed by atoms with E-state index < -0.39 is 0 Å². The van der Waals surface area contributed by atoms with Gasteiger partial charge in [-0.2, -0.15) is 0 Å². The lowest BCUT2D eigenvalue weighted by Gasteiger charge is -2.18. The minimum atomic E-state index is 0.149. The largest absolute Gasteiger partial charge is 0.382 e. The van der Waals surface area contributed by atoms with Crippen molar-refractivity contribution in [2.45, 2.75) is 71.8 Å². The number of hydrogen-bond donors (Lipinski definition) is 1. The fourth-order valence-corrected chi connectivity index (χ4v) is 3.26. The van der Waals surface area contributed by atoms with E-state index in [1.54, 1.807) is 11.3 Å². The Kier molecular flexibility index (Phi) is 8.45. The van der Waals surface area contributed by atoms with Crippen LogP contribution in [-0.2, 0) is 16.6 Å². The molecule has 0 aliphatic carbocycles. The molecular formula is C17H32N2OS. The van der Waals surface area contributed by atoms with Gasteiger partial charge in [0.25, 0.3) is 0 Å². The van der Waals surface area contributed by atoms with Gasteiger partial charge in [-0.05, 0) is 32.7 Å². The Bertz CT molecular complexity index is 384. The van der Waals surface area contributed by atoms with Crippen LogP contribution in [0.2, 0.25) is 0 Å². The monoisotopic (exact) mass is 312 g/mol. The van der Waals surface area contributed by atoms with Crippen molar-refractivity contribution in [3.05, 3.63) is 16.1 Å². The fourth-order valence-electron chi connectivity index (χ4n) is 2.16. The first-order valence-corrected chi connectivity index (χ1v) is 9.11. The summed E-state index contributed by atoms with van der Waals surface area (Å²) in [7, 11) is 0. The van der Waals surface area contributed by atoms with E-state index in [-0.39, 0.29) is 5.41 Å². The molecule has 0 bridgehead atoms. The second kappa shape index (κ2) is 9.54. The zero-order valence-corrected chi connectivity index (χ0v) is 15.2. The Balaban J connectivity index is 2.52. The molecule has 1 heterocycles. The molecule has 0 aliphatic rings. The van der Waals surface area contributed by atoms with Gasteiger partial charge in [0.2, 0.25) is 0 Å². The van der Waals surface area contributed by atoms with Crippen molar-refractivity contribution in [3.63, 3.8) is 0 Å². The summed E-state index contributed by atoms with van der Waals surface area (Å²) in [5, 5.41) is 7.12. The van der Waals surface area contributed by atoms with E-state index in [9.17, 15) is 0 Å². The molecule has 1 aromatic heterocycles. The average molecular weight is 313 g/mol. The number of rotatable bonds is 10. The first-order valence-electron chi connectivity index (χ1n) is 8.23. The van der Waals surface area contributed by atoms with Crippen molar-refractivity contribution in [2.24, 2.45) is 0 Å². The molecule has 0 saturated carbocycles. The number of nitrogens with zero attached hydrogens (tertiary/aromatic N) is 1. The summed E-state index contributed by atoms with van der Waals surface area (Å²) in [6.07, 6.45) is 4.48. The van der Waals surface area contributed by atoms with Gasteiger partial charge in [0.05, 0.1) is 10.7 Å². The van der Waals surface area contributed by atoms with Gasteiger partial charge < -0.3 is 10.1 Å². The predicted molar refractivity (Wildman–Crippen MR) is 92.3 cm³/mol. The standard InChI is InChI=1S/C17H32N2OS/c1-6-10-18-14(9-8-11-20-7-2)12-16-19-15(13-21-16)17(3,4)5/h13-14,18H,6-12H2,1-5H3. The van der Waals surface area contributed by atoms with Crippen LogP contribution in [0.1, 0.15) is 64.6 Å². The van der Waals surface area contributed by atoms with Crippen molar-refractivity contribution in [3.8, 4) is 0 Å². The van der Waals surface area contributed by atoms with Gasteiger partial charge in [-0.15, -0.1) is 11.3 Å². The highest BCUT2D eigenvalue weighted by Gasteiger charge is 2.18. The highest BCUT2D eigenvalue weighted by molar-refractivity contribution is 7.09. The van der Waals surface area contributed by atoms with Crippen LogP contribution in [0.3, 0.4) is 0 Å². The molecule has 0 spiro atoms. The molecule has 122 valence electrons. The fraction of sp³-hybridized carbons (Fsp3) is 0.824. The molecular weight excluding hydrogens is 280 g/mol. The van der Waals surface area contributed by atoms with E-state index >= 15 is 0 Å². The maximum atomic E-state index is 5.45. The third kappa shape index (κ3) is 7.39. The summed E-state index contributed by atoms with van der Waals surface area (Å²) >= 11 is 1.80. The number of aromatic nitrogens is 1. The molecule has 1 unspecified atom stereocenters. The van der Waals surface area contributed by atoms with Crippen LogP contribution in [0.4, 0.5) is 0 Å². The van der Waals surface area contributed by atoms with E-state index in [2.05, 4.69) is 45.3 Å². The van der Waals surface area contributed by atoms with E-state index in [1.807, 2.05) is 0 Å². The molecule has 1 atom stereocenters. The summed E-state index contributed by atoms with van der Waals surface area (Å²) in [4.78, 5) is 4.82. The van der Waals surface area contributed by atoms with Crippen LogP contribution in [0.15, 0.2) is 5.38 Å². The molecule has 0 fully saturated rings. The molecule has 0 radical (unpaired) electrons. The smallest absolute Gasteiger partial charge is 0.0944 e. The van der Waals surface area contributed by atoms with Gasteiger partial charge in [0, 0.05) is 36.5 Å². The van der Waals surface area contributed by atoms with Crippen LogP contribution in [-0.4, -0.2) is 30.8 Å². The normalized spacial score (nSPS) is 13.6. The summed E-state index contributed by atoms with van der Waals surface area (Å²) in [6, 6.07) is 0.518. The van der Waals surface area contributed by atoms with Crippen molar-refractivity contribution in [2.75, 3.05) is 19.8 Å². The van der Waals surface area contributed by atoms with Crippen molar-refractivity contribution in [1.29, 1.82) is 0 Å². The minimum absolute atomic E-state index is 0.149. The van der Waals surface area contributed by atoms with Gasteiger partial charge >= 0.3 is 0 Å².